The van der Waals surface area contributed by atoms with Crippen molar-refractivity contribution in [1.82, 2.24) is 9.71 Å². The van der Waals surface area contributed by atoms with Crippen LogP contribution >= 0.6 is 11.6 Å². The maximum Gasteiger partial charge on any atom is 0.307 e. The van der Waals surface area contributed by atoms with Crippen molar-refractivity contribution in [2.45, 2.75) is 51.3 Å². The fourth-order valence-electron chi connectivity index (χ4n) is 2.87. The third kappa shape index (κ3) is 7.21. The van der Waals surface area contributed by atoms with Crippen LogP contribution in [0.25, 0.3) is 0 Å². The van der Waals surface area contributed by atoms with Crippen molar-refractivity contribution in [2.75, 3.05) is 12.4 Å². The van der Waals surface area contributed by atoms with Gasteiger partial charge < -0.3 is 14.6 Å². The van der Waals surface area contributed by atoms with Crippen molar-refractivity contribution in [3.05, 3.63) is 58.4 Å². The fourth-order valence-corrected chi connectivity index (χ4v) is 4.10. The third-order valence-corrected chi connectivity index (χ3v) is 6.76. The molecule has 1 unspecified atom stereocenters. The van der Waals surface area contributed by atoms with Crippen molar-refractivity contribution in [3.8, 4) is 11.8 Å². The van der Waals surface area contributed by atoms with Gasteiger partial charge in [0.05, 0.1) is 19.1 Å². The molecule has 2 N–H and O–H groups in total. The van der Waals surface area contributed by atoms with Gasteiger partial charge in [-0.3, -0.25) is 9.59 Å². The maximum absolute atomic E-state index is 12.9. The Hall–Kier alpha value is -2.57. The van der Waals surface area contributed by atoms with Crippen LogP contribution in [-0.4, -0.2) is 33.3 Å². The molecule has 0 bridgehead atoms. The molecule has 2 aromatic rings. The Labute approximate surface area is 203 Å². The first-order chi connectivity index (χ1) is 15.4. The van der Waals surface area contributed by atoms with Gasteiger partial charge in [-0.15, -0.1) is 10.6 Å². The van der Waals surface area contributed by atoms with Crippen LogP contribution in [0.5, 0.6) is 0 Å². The summed E-state index contributed by atoms with van der Waals surface area (Å²) in [6, 6.07) is 8.19. The van der Waals surface area contributed by atoms with Gasteiger partial charge in [0.2, 0.25) is 0 Å². The van der Waals surface area contributed by atoms with Gasteiger partial charge in [-0.2, -0.15) is 0 Å². The molecule has 0 saturated heterocycles. The smallest absolute Gasteiger partial charge is 0.307 e. The zero-order chi connectivity index (χ0) is 24.8. The quantitative estimate of drug-likeness (QED) is 0.343. The third-order valence-electron chi connectivity index (χ3n) is 4.68. The maximum atomic E-state index is 12.9. The van der Waals surface area contributed by atoms with Crippen molar-refractivity contribution < 1.29 is 18.9 Å². The molecule has 9 heteroatoms. The van der Waals surface area contributed by atoms with Gasteiger partial charge in [-0.05, 0) is 70.5 Å². The summed E-state index contributed by atoms with van der Waals surface area (Å²) < 4.78 is 20.2. The Kier molecular flexibility index (Phi) is 8.92. The van der Waals surface area contributed by atoms with Crippen LogP contribution in [0, 0.1) is 11.8 Å². The van der Waals surface area contributed by atoms with E-state index in [9.17, 15) is 14.1 Å². The Morgan fingerprint density at radius 2 is 1.91 bits per heavy atom. The number of aromatic nitrogens is 1. The predicted octanol–water partition coefficient (Wildman–Crippen LogP) is 4.19. The molecule has 0 aliphatic carbocycles. The van der Waals surface area contributed by atoms with Gasteiger partial charge >= 0.3 is 5.97 Å². The van der Waals surface area contributed by atoms with E-state index >= 15 is 0 Å². The van der Waals surface area contributed by atoms with Gasteiger partial charge in [-0.1, -0.05) is 17.5 Å². The molecule has 1 aromatic carbocycles. The molecule has 2 atom stereocenters. The van der Waals surface area contributed by atoms with E-state index in [1.165, 1.54) is 13.3 Å². The molecule has 1 heterocycles. The lowest BCUT2D eigenvalue weighted by atomic mass is 9.89. The molecule has 2 rings (SSSR count). The highest BCUT2D eigenvalue weighted by atomic mass is 35.5. The summed E-state index contributed by atoms with van der Waals surface area (Å²) in [6.07, 6.45) is 1.40. The van der Waals surface area contributed by atoms with E-state index in [4.69, 9.17) is 16.3 Å². The highest BCUT2D eigenvalue weighted by Crippen LogP contribution is 2.35. The molecule has 0 radical (unpaired) electrons. The summed E-state index contributed by atoms with van der Waals surface area (Å²) in [4.78, 5) is 29.0. The summed E-state index contributed by atoms with van der Waals surface area (Å²) in [5.41, 5.74) is 0.739. The lowest BCUT2D eigenvalue weighted by Gasteiger charge is -2.35. The van der Waals surface area contributed by atoms with Crippen LogP contribution in [0.3, 0.4) is 0 Å². The van der Waals surface area contributed by atoms with E-state index in [0.717, 1.165) is 0 Å². The number of halogens is 1. The van der Waals surface area contributed by atoms with E-state index in [1.807, 2.05) is 20.8 Å². The molecule has 0 aliphatic heterocycles. The number of methoxy groups -OCH3 is 1. The molecule has 0 aliphatic rings. The highest BCUT2D eigenvalue weighted by molar-refractivity contribution is 7.90. The van der Waals surface area contributed by atoms with E-state index < -0.39 is 33.5 Å². The number of hydrogen-bond acceptors (Lipinski definition) is 6. The second-order valence-electron chi connectivity index (χ2n) is 8.52. The number of nitrogens with zero attached hydrogens (tertiary/aromatic N) is 1. The van der Waals surface area contributed by atoms with Crippen LogP contribution < -0.4 is 10.0 Å². The molecule has 1 amide bonds. The number of benzene rings is 1. The summed E-state index contributed by atoms with van der Waals surface area (Å²) in [6.45, 7) is 8.89. The monoisotopic (exact) mass is 489 g/mol. The average molecular weight is 490 g/mol. The number of nitrogens with one attached hydrogen (secondary N) is 2. The number of rotatable bonds is 7. The van der Waals surface area contributed by atoms with Gasteiger partial charge in [0.25, 0.3) is 5.91 Å². The Morgan fingerprint density at radius 3 is 2.45 bits per heavy atom. The van der Waals surface area contributed by atoms with Crippen LogP contribution in [0.2, 0.25) is 5.02 Å². The topological polar surface area (TPSA) is 103 Å². The van der Waals surface area contributed by atoms with Crippen LogP contribution in [0.4, 0.5) is 5.69 Å². The first-order valence-corrected chi connectivity index (χ1v) is 11.7. The second-order valence-corrected chi connectivity index (χ2v) is 10.9. The summed E-state index contributed by atoms with van der Waals surface area (Å²) in [5, 5.41) is 3.13. The van der Waals surface area contributed by atoms with Gasteiger partial charge in [0.1, 0.15) is 10.4 Å². The normalized spacial score (nSPS) is 13.8. The number of esters is 1. The molecule has 33 heavy (non-hydrogen) atoms. The van der Waals surface area contributed by atoms with Crippen molar-refractivity contribution in [2.24, 2.45) is 0 Å². The van der Waals surface area contributed by atoms with Gasteiger partial charge in [0, 0.05) is 33.8 Å². The summed E-state index contributed by atoms with van der Waals surface area (Å²) in [7, 11) is 1.28. The molecule has 0 fully saturated rings. The Balaban J connectivity index is 2.38. The average Bonchev–Trinajstić information content (AvgIpc) is 2.74. The predicted molar refractivity (Wildman–Crippen MR) is 131 cm³/mol. The van der Waals surface area contributed by atoms with Crippen molar-refractivity contribution >= 4 is 40.5 Å². The van der Waals surface area contributed by atoms with Gasteiger partial charge in [0.15, 0.2) is 0 Å². The minimum Gasteiger partial charge on any atom is -0.598 e. The fraction of sp³-hybridized carbons (Fsp3) is 0.375. The van der Waals surface area contributed by atoms with Crippen molar-refractivity contribution in [1.29, 1.82) is 0 Å². The zero-order valence-electron chi connectivity index (χ0n) is 19.5. The second kappa shape index (κ2) is 11.0. The number of anilines is 1. The standard InChI is InChI=1S/C24H28ClN3O4S/c1-7-8-16-9-12-20(26-15-16)22(30)27-17-10-11-19(25)18(13-17)24(5,14-21(29)32-6)28-33(31)23(2,3)4/h9-13,15,28H,14H2,1-6H3,(H,27,30)/t24?,33-/m1/s1. The van der Waals surface area contributed by atoms with Crippen LogP contribution in [0.1, 0.15) is 62.7 Å². The highest BCUT2D eigenvalue weighted by Gasteiger charge is 2.40. The number of hydrogen-bond donors (Lipinski definition) is 2. The lowest BCUT2D eigenvalue weighted by molar-refractivity contribution is -0.142. The molecule has 176 valence electrons. The van der Waals surface area contributed by atoms with Gasteiger partial charge in [-0.25, -0.2) is 4.98 Å². The van der Waals surface area contributed by atoms with E-state index in [1.54, 1.807) is 44.2 Å². The van der Waals surface area contributed by atoms with E-state index in [0.29, 0.717) is 21.8 Å². The SMILES string of the molecule is CC#Cc1ccc(C(=O)Nc2ccc(Cl)c(C(C)(CC(=O)OC)N[S@+]([O-])C(C)(C)C)c2)nc1. The number of amides is 1. The number of pyridine rings is 1. The van der Waals surface area contributed by atoms with E-state index in [2.05, 4.69) is 26.9 Å². The lowest BCUT2D eigenvalue weighted by Crippen LogP contribution is -2.51. The molecule has 0 spiro atoms. The van der Waals surface area contributed by atoms with Crippen molar-refractivity contribution in [3.63, 3.8) is 0 Å². The Bertz CT molecular complexity index is 1070. The first kappa shape index (κ1) is 26.7. The Morgan fingerprint density at radius 1 is 1.21 bits per heavy atom. The minimum absolute atomic E-state index is 0.121. The number of carbonyl (C=O) groups is 2. The summed E-state index contributed by atoms with van der Waals surface area (Å²) in [5.74, 6) is 4.73. The first-order valence-electron chi connectivity index (χ1n) is 10.2. The molecule has 0 saturated carbocycles. The summed E-state index contributed by atoms with van der Waals surface area (Å²) >= 11 is 4.97. The van der Waals surface area contributed by atoms with Crippen LogP contribution in [0.15, 0.2) is 36.5 Å². The molecular formula is C24H28ClN3O4S. The zero-order valence-corrected chi connectivity index (χ0v) is 21.1. The minimum atomic E-state index is -1.51. The molecule has 1 aromatic heterocycles. The number of ether oxygens (including phenoxy) is 1. The van der Waals surface area contributed by atoms with Crippen LogP contribution in [-0.2, 0) is 26.4 Å². The van der Waals surface area contributed by atoms with E-state index in [-0.39, 0.29) is 12.1 Å². The largest absolute Gasteiger partial charge is 0.598 e. The number of carbonyl (C=O) groups excluding carboxylic acids is 2. The molecule has 7 nitrogen and oxygen atoms in total. The molecular weight excluding hydrogens is 462 g/mol.